The summed E-state index contributed by atoms with van der Waals surface area (Å²) in [7, 11) is -2.34. The van der Waals surface area contributed by atoms with Gasteiger partial charge in [0.1, 0.15) is 16.2 Å². The molecule has 0 bridgehead atoms. The van der Waals surface area contributed by atoms with Crippen LogP contribution in [-0.2, 0) is 21.2 Å². The van der Waals surface area contributed by atoms with Crippen LogP contribution in [0.15, 0.2) is 57.1 Å². The molecule has 3 aromatic rings. The second-order valence-electron chi connectivity index (χ2n) is 6.29. The van der Waals surface area contributed by atoms with E-state index < -0.39 is 15.6 Å². The number of fused-ring (bicyclic) bond motifs is 2. The van der Waals surface area contributed by atoms with Crippen LogP contribution in [0.2, 0.25) is 0 Å². The monoisotopic (exact) mass is 399 g/mol. The van der Waals surface area contributed by atoms with Crippen molar-refractivity contribution in [3.05, 3.63) is 63.9 Å². The number of hydrogen-bond donors (Lipinski definition) is 3. The summed E-state index contributed by atoms with van der Waals surface area (Å²) in [5, 5.41) is 11.3. The predicted octanol–water partition coefficient (Wildman–Crippen LogP) is 1.79. The van der Waals surface area contributed by atoms with Crippen LogP contribution in [0.3, 0.4) is 0 Å². The van der Waals surface area contributed by atoms with E-state index in [2.05, 4.69) is 14.7 Å². The van der Waals surface area contributed by atoms with Crippen LogP contribution in [0.4, 0.5) is 5.69 Å². The Morgan fingerprint density at radius 2 is 1.93 bits per heavy atom. The Hall–Kier alpha value is -3.17. The number of pyridine rings is 1. The molecule has 0 fully saturated rings. The molecule has 0 spiro atoms. The standard InChI is InChI=1S/C19H17N3O5S/c1-27-10-9-11-5-4-7-13-15(11)17(23)16(19(24)21-13)18-20-12-6-2-3-8-14(12)28(25,26)22-18/h2-8H,9-10H2,1H3,(H,20,22)(H2,21,23,24). The molecule has 1 aliphatic rings. The average Bonchev–Trinajstić information content (AvgIpc) is 2.65. The van der Waals surface area contributed by atoms with Crippen molar-refractivity contribution in [1.82, 2.24) is 9.71 Å². The molecule has 28 heavy (non-hydrogen) atoms. The van der Waals surface area contributed by atoms with Gasteiger partial charge in [-0.1, -0.05) is 24.3 Å². The zero-order valence-electron chi connectivity index (χ0n) is 14.9. The molecule has 9 heteroatoms. The van der Waals surface area contributed by atoms with Gasteiger partial charge in [0, 0.05) is 12.5 Å². The number of sulfonamides is 1. The second-order valence-corrected chi connectivity index (χ2v) is 7.94. The van der Waals surface area contributed by atoms with E-state index in [1.807, 2.05) is 6.07 Å². The fourth-order valence-corrected chi connectivity index (χ4v) is 4.41. The third kappa shape index (κ3) is 2.94. The third-order valence-electron chi connectivity index (χ3n) is 4.53. The lowest BCUT2D eigenvalue weighted by Gasteiger charge is -2.19. The topological polar surface area (TPSA) is 121 Å². The summed E-state index contributed by atoms with van der Waals surface area (Å²) in [4.78, 5) is 19.6. The molecular weight excluding hydrogens is 382 g/mol. The summed E-state index contributed by atoms with van der Waals surface area (Å²) >= 11 is 0. The van der Waals surface area contributed by atoms with Gasteiger partial charge in [0.05, 0.1) is 17.8 Å². The zero-order valence-corrected chi connectivity index (χ0v) is 15.7. The van der Waals surface area contributed by atoms with Gasteiger partial charge in [0.2, 0.25) is 0 Å². The minimum Gasteiger partial charge on any atom is -0.506 e. The maximum atomic E-state index is 12.6. The molecule has 1 aliphatic heterocycles. The number of nitrogens with one attached hydrogen (secondary N) is 2. The Morgan fingerprint density at radius 3 is 2.71 bits per heavy atom. The van der Waals surface area contributed by atoms with E-state index in [4.69, 9.17) is 4.74 Å². The quantitative estimate of drug-likeness (QED) is 0.618. The average molecular weight is 399 g/mol. The van der Waals surface area contributed by atoms with Crippen LogP contribution in [0.5, 0.6) is 5.75 Å². The van der Waals surface area contributed by atoms with Crippen molar-refractivity contribution in [2.24, 2.45) is 4.99 Å². The molecule has 8 nitrogen and oxygen atoms in total. The molecule has 0 aliphatic carbocycles. The molecule has 2 heterocycles. The van der Waals surface area contributed by atoms with E-state index in [9.17, 15) is 18.3 Å². The van der Waals surface area contributed by atoms with E-state index in [1.165, 1.54) is 12.1 Å². The highest BCUT2D eigenvalue weighted by atomic mass is 32.2. The first-order valence-electron chi connectivity index (χ1n) is 8.49. The highest BCUT2D eigenvalue weighted by Crippen LogP contribution is 2.32. The molecule has 0 amide bonds. The van der Waals surface area contributed by atoms with Gasteiger partial charge in [0.25, 0.3) is 15.6 Å². The Balaban J connectivity index is 1.98. The largest absolute Gasteiger partial charge is 0.506 e. The Bertz CT molecular complexity index is 1280. The second kappa shape index (κ2) is 6.77. The van der Waals surface area contributed by atoms with Crippen LogP contribution in [0.25, 0.3) is 10.9 Å². The number of aromatic hydroxyl groups is 1. The number of methoxy groups -OCH3 is 1. The Morgan fingerprint density at radius 1 is 1.14 bits per heavy atom. The lowest BCUT2D eigenvalue weighted by molar-refractivity contribution is 0.202. The molecule has 1 aromatic heterocycles. The number of hydrogen-bond acceptors (Lipinski definition) is 6. The first-order chi connectivity index (χ1) is 13.4. The molecule has 0 saturated carbocycles. The molecule has 144 valence electrons. The summed E-state index contributed by atoms with van der Waals surface area (Å²) in [6.07, 6.45) is 0.508. The molecular formula is C19H17N3O5S. The zero-order chi connectivity index (χ0) is 19.9. The number of para-hydroxylation sites is 1. The third-order valence-corrected chi connectivity index (χ3v) is 5.92. The number of amidine groups is 1. The normalized spacial score (nSPS) is 15.0. The molecule has 4 rings (SSSR count). The van der Waals surface area contributed by atoms with Crippen molar-refractivity contribution in [2.75, 3.05) is 13.7 Å². The van der Waals surface area contributed by atoms with Crippen molar-refractivity contribution >= 4 is 32.4 Å². The minimum atomic E-state index is -3.92. The first-order valence-corrected chi connectivity index (χ1v) is 9.97. The maximum Gasteiger partial charge on any atom is 0.265 e. The lowest BCUT2D eigenvalue weighted by atomic mass is 10.0. The van der Waals surface area contributed by atoms with E-state index in [0.29, 0.717) is 23.9 Å². The van der Waals surface area contributed by atoms with E-state index in [1.54, 1.807) is 31.4 Å². The Kier molecular flexibility index (Phi) is 4.40. The predicted molar refractivity (Wildman–Crippen MR) is 105 cm³/mol. The number of benzene rings is 2. The molecule has 0 atom stereocenters. The molecule has 0 saturated heterocycles. The van der Waals surface area contributed by atoms with Gasteiger partial charge >= 0.3 is 0 Å². The molecule has 2 aromatic carbocycles. The lowest BCUT2D eigenvalue weighted by Crippen LogP contribution is -2.37. The van der Waals surface area contributed by atoms with Crippen molar-refractivity contribution in [3.8, 4) is 5.75 Å². The summed E-state index contributed by atoms with van der Waals surface area (Å²) < 4.78 is 32.5. The van der Waals surface area contributed by atoms with Gasteiger partial charge < -0.3 is 14.8 Å². The number of aromatic amines is 1. The van der Waals surface area contributed by atoms with E-state index >= 15 is 0 Å². The molecule has 0 radical (unpaired) electrons. The van der Waals surface area contributed by atoms with Crippen LogP contribution in [0, 0.1) is 0 Å². The van der Waals surface area contributed by atoms with Crippen LogP contribution in [0.1, 0.15) is 11.1 Å². The number of aliphatic imine (C=N–C) groups is 1. The van der Waals surface area contributed by atoms with Crippen molar-refractivity contribution in [2.45, 2.75) is 11.3 Å². The van der Waals surface area contributed by atoms with Crippen molar-refractivity contribution in [3.63, 3.8) is 0 Å². The summed E-state index contributed by atoms with van der Waals surface area (Å²) in [5.41, 5.74) is 0.529. The summed E-state index contributed by atoms with van der Waals surface area (Å²) in [6.45, 7) is 0.425. The highest BCUT2D eigenvalue weighted by Gasteiger charge is 2.29. The van der Waals surface area contributed by atoms with Gasteiger partial charge in [-0.25, -0.2) is 13.4 Å². The summed E-state index contributed by atoms with van der Waals surface area (Å²) in [6, 6.07) is 11.4. The van der Waals surface area contributed by atoms with Gasteiger partial charge in [-0.05, 0) is 30.2 Å². The smallest absolute Gasteiger partial charge is 0.265 e. The van der Waals surface area contributed by atoms with Gasteiger partial charge in [-0.3, -0.25) is 9.52 Å². The number of aromatic nitrogens is 1. The molecule has 3 N–H and O–H groups in total. The fourth-order valence-electron chi connectivity index (χ4n) is 3.25. The van der Waals surface area contributed by atoms with Gasteiger partial charge in [-0.2, -0.15) is 0 Å². The van der Waals surface area contributed by atoms with Crippen LogP contribution < -0.4 is 10.3 Å². The fraction of sp³-hybridized carbons (Fsp3) is 0.158. The minimum absolute atomic E-state index is 0.0104. The van der Waals surface area contributed by atoms with Gasteiger partial charge in [0.15, 0.2) is 5.84 Å². The van der Waals surface area contributed by atoms with Crippen molar-refractivity contribution < 1.29 is 18.3 Å². The van der Waals surface area contributed by atoms with Gasteiger partial charge in [-0.15, -0.1) is 0 Å². The first kappa shape index (κ1) is 18.2. The van der Waals surface area contributed by atoms with Crippen molar-refractivity contribution in [1.29, 1.82) is 0 Å². The number of ether oxygens (including phenoxy) is 1. The highest BCUT2D eigenvalue weighted by molar-refractivity contribution is 7.90. The molecule has 0 unspecified atom stereocenters. The number of nitrogens with zero attached hydrogens (tertiary/aromatic N) is 1. The van der Waals surface area contributed by atoms with E-state index in [0.717, 1.165) is 5.56 Å². The number of H-pyrrole nitrogens is 1. The SMILES string of the molecule is COCCc1cccc2[nH]c(=O)c(C3=Nc4ccccc4S(=O)(=O)N3)c(O)c12. The van der Waals surface area contributed by atoms with E-state index in [-0.39, 0.29) is 27.7 Å². The Labute approximate surface area is 160 Å². The number of rotatable bonds is 4. The van der Waals surface area contributed by atoms with Crippen LogP contribution in [-0.4, -0.2) is 38.1 Å². The van der Waals surface area contributed by atoms with Crippen LogP contribution >= 0.6 is 0 Å². The summed E-state index contributed by atoms with van der Waals surface area (Å²) in [5.74, 6) is -0.549. The maximum absolute atomic E-state index is 12.6.